The van der Waals surface area contributed by atoms with E-state index in [4.69, 9.17) is 18.6 Å². The summed E-state index contributed by atoms with van der Waals surface area (Å²) in [6.45, 7) is 7.36. The largest absolute Gasteiger partial charge is 0.493 e. The van der Waals surface area contributed by atoms with Gasteiger partial charge in [-0.15, -0.1) is 0 Å². The topological polar surface area (TPSA) is 40.2 Å². The van der Waals surface area contributed by atoms with E-state index in [0.29, 0.717) is 48.5 Å². The van der Waals surface area contributed by atoms with Crippen molar-refractivity contribution in [3.8, 4) is 0 Å². The fourth-order valence-electron chi connectivity index (χ4n) is 5.32. The second-order valence-electron chi connectivity index (χ2n) is 14.7. The Morgan fingerprint density at radius 3 is 1.17 bits per heavy atom. The van der Waals surface area contributed by atoms with Crippen LogP contribution in [0.1, 0.15) is 45.2 Å². The second-order valence-corrected chi connectivity index (χ2v) is 14.7. The molecule has 2 aliphatic heterocycles. The van der Waals surface area contributed by atoms with E-state index in [2.05, 4.69) is 0 Å². The van der Waals surface area contributed by atoms with Crippen molar-refractivity contribution < 1.29 is 75.7 Å². The van der Waals surface area contributed by atoms with Gasteiger partial charge in [-0.1, -0.05) is 76.2 Å². The van der Waals surface area contributed by atoms with Crippen LogP contribution in [0.3, 0.4) is 0 Å². The lowest BCUT2D eigenvalue weighted by molar-refractivity contribution is -0.440. The number of hydrogen-bond donors (Lipinski definition) is 0. The van der Waals surface area contributed by atoms with Crippen LogP contribution < -0.4 is 10.9 Å². The van der Waals surface area contributed by atoms with Gasteiger partial charge in [0, 0.05) is 63.3 Å². The number of rotatable bonds is 13. The summed E-state index contributed by atoms with van der Waals surface area (Å²) in [6.07, 6.45) is -9.80. The van der Waals surface area contributed by atoms with E-state index in [-0.39, 0.29) is 23.9 Å². The van der Waals surface area contributed by atoms with Crippen LogP contribution in [0.2, 0.25) is 0 Å². The minimum Gasteiger partial charge on any atom is -0.407 e. The van der Waals surface area contributed by atoms with Crippen LogP contribution in [-0.2, 0) is 31.7 Å². The molecule has 290 valence electrons. The van der Waals surface area contributed by atoms with Gasteiger partial charge in [-0.25, -0.2) is 0 Å². The lowest BCUT2D eigenvalue weighted by Crippen LogP contribution is -2.70. The van der Waals surface area contributed by atoms with E-state index in [1.165, 1.54) is 24.3 Å². The molecular weight excluding hydrogens is 731 g/mol. The molecule has 2 heterocycles. The summed E-state index contributed by atoms with van der Waals surface area (Å²) in [5.74, 6) is -37.1. The Labute approximate surface area is 292 Å². The summed E-state index contributed by atoms with van der Waals surface area (Å²) < 4.78 is 202. The summed E-state index contributed by atoms with van der Waals surface area (Å²) in [5, 5.41) is 0. The van der Waals surface area contributed by atoms with Gasteiger partial charge < -0.3 is 18.6 Å². The molecule has 0 unspecified atom stereocenters. The molecule has 20 heteroatoms. The first-order valence-corrected chi connectivity index (χ1v) is 15.9. The lowest BCUT2D eigenvalue weighted by Gasteiger charge is -2.40. The van der Waals surface area contributed by atoms with Crippen LogP contribution in [0.4, 0.5) is 57.1 Å². The molecule has 0 radical (unpaired) electrons. The van der Waals surface area contributed by atoms with Crippen molar-refractivity contribution in [1.82, 2.24) is 4.90 Å². The number of benzene rings is 2. The van der Waals surface area contributed by atoms with Gasteiger partial charge in [0.1, 0.15) is 0 Å². The van der Waals surface area contributed by atoms with Crippen molar-refractivity contribution in [3.63, 3.8) is 0 Å². The van der Waals surface area contributed by atoms with E-state index in [1.54, 1.807) is 24.3 Å². The van der Waals surface area contributed by atoms with Crippen molar-refractivity contribution in [3.05, 3.63) is 59.7 Å². The SMILES string of the molecule is CC1(C)COB(c2ccc(CN(CCC(F)(F)C(F)(F)C(F)(F)C(F)(F)C(F)(F)C(F)(F)F)Cc3ccc(B4OCC(C)(C)CO4)cc3)cc2)OC1. The molecule has 2 saturated heterocycles. The Morgan fingerprint density at radius 1 is 0.519 bits per heavy atom. The van der Waals surface area contributed by atoms with Crippen molar-refractivity contribution in [2.24, 2.45) is 10.8 Å². The second kappa shape index (κ2) is 14.6. The minimum absolute atomic E-state index is 0.236. The smallest absolute Gasteiger partial charge is 0.407 e. The summed E-state index contributed by atoms with van der Waals surface area (Å²) >= 11 is 0. The lowest BCUT2D eigenvalue weighted by atomic mass is 9.75. The first kappa shape index (κ1) is 42.2. The van der Waals surface area contributed by atoms with Gasteiger partial charge in [-0.05, 0) is 22.1 Å². The monoisotopic (exact) mass is 767 g/mol. The Kier molecular flexibility index (Phi) is 11.9. The Balaban J connectivity index is 1.55. The molecular formula is C32H36B2F13NO4. The minimum atomic E-state index is -7.95. The third-order valence-electron chi connectivity index (χ3n) is 8.56. The predicted octanol–water partition coefficient (Wildman–Crippen LogP) is 7.35. The van der Waals surface area contributed by atoms with E-state index >= 15 is 0 Å². The van der Waals surface area contributed by atoms with E-state index in [0.717, 1.165) is 4.90 Å². The zero-order valence-corrected chi connectivity index (χ0v) is 28.4. The molecule has 4 rings (SSSR count). The van der Waals surface area contributed by atoms with Crippen LogP contribution in [0.15, 0.2) is 48.5 Å². The Morgan fingerprint density at radius 2 is 0.846 bits per heavy atom. The molecule has 0 saturated carbocycles. The maximum atomic E-state index is 14.8. The molecule has 0 atom stereocenters. The van der Waals surface area contributed by atoms with E-state index in [9.17, 15) is 57.1 Å². The maximum Gasteiger partial charge on any atom is 0.493 e. The molecule has 2 aromatic carbocycles. The molecule has 2 fully saturated rings. The predicted molar refractivity (Wildman–Crippen MR) is 165 cm³/mol. The third-order valence-corrected chi connectivity index (χ3v) is 8.56. The zero-order valence-electron chi connectivity index (χ0n) is 28.4. The van der Waals surface area contributed by atoms with Crippen molar-refractivity contribution in [2.45, 2.75) is 83.0 Å². The van der Waals surface area contributed by atoms with Gasteiger partial charge in [0.25, 0.3) is 0 Å². The summed E-state index contributed by atoms with van der Waals surface area (Å²) in [5.41, 5.74) is 1.42. The van der Waals surface area contributed by atoms with Gasteiger partial charge in [0.2, 0.25) is 0 Å². The average molecular weight is 767 g/mol. The number of halogens is 13. The Bertz CT molecular complexity index is 1410. The number of nitrogens with zero attached hydrogens (tertiary/aromatic N) is 1. The first-order chi connectivity index (χ1) is 23.6. The van der Waals surface area contributed by atoms with Gasteiger partial charge in [-0.2, -0.15) is 57.1 Å². The molecule has 0 N–H and O–H groups in total. The number of alkyl halides is 13. The summed E-state index contributed by atoms with van der Waals surface area (Å²) in [6, 6.07) is 12.3. The van der Waals surface area contributed by atoms with E-state index < -0.39 is 63.0 Å². The quantitative estimate of drug-likeness (QED) is 0.158. The zero-order chi connectivity index (χ0) is 39.2. The van der Waals surface area contributed by atoms with Crippen LogP contribution in [0.5, 0.6) is 0 Å². The van der Waals surface area contributed by atoms with Crippen LogP contribution in [0.25, 0.3) is 0 Å². The highest BCUT2D eigenvalue weighted by molar-refractivity contribution is 6.61. The fraction of sp³-hybridized carbons (Fsp3) is 0.625. The molecule has 52 heavy (non-hydrogen) atoms. The highest BCUT2D eigenvalue weighted by atomic mass is 19.4. The highest BCUT2D eigenvalue weighted by Crippen LogP contribution is 2.60. The molecule has 0 spiro atoms. The summed E-state index contributed by atoms with van der Waals surface area (Å²) in [4.78, 5) is 1.06. The van der Waals surface area contributed by atoms with Crippen molar-refractivity contribution in [2.75, 3.05) is 33.0 Å². The molecule has 2 aromatic rings. The van der Waals surface area contributed by atoms with Gasteiger partial charge in [0.05, 0.1) is 0 Å². The third kappa shape index (κ3) is 8.71. The molecule has 0 aliphatic carbocycles. The van der Waals surface area contributed by atoms with Crippen molar-refractivity contribution >= 4 is 25.2 Å². The van der Waals surface area contributed by atoms with Gasteiger partial charge in [0.15, 0.2) is 0 Å². The fourth-order valence-corrected chi connectivity index (χ4v) is 5.32. The molecule has 0 amide bonds. The van der Waals surface area contributed by atoms with Crippen LogP contribution in [0, 0.1) is 10.8 Å². The maximum absolute atomic E-state index is 14.8. The highest BCUT2D eigenvalue weighted by Gasteiger charge is 2.90. The van der Waals surface area contributed by atoms with Gasteiger partial charge in [-0.3, -0.25) is 4.90 Å². The van der Waals surface area contributed by atoms with Gasteiger partial charge >= 0.3 is 50.0 Å². The standard InChI is InChI=1S/C32H36B2F13NO4/c1-25(2)17-49-33(50-18-25)23-9-5-21(6-10-23)15-48(16-22-7-11-24(12-8-22)34-51-19-26(3,4)20-52-34)14-13-27(35,36)28(37,38)29(39,40)30(41,42)31(43,44)32(45,46)47/h5-12H,13-20H2,1-4H3. The normalized spacial score (nSPS) is 19.3. The Hall–Kier alpha value is -2.54. The molecule has 5 nitrogen and oxygen atoms in total. The summed E-state index contributed by atoms with van der Waals surface area (Å²) in [7, 11) is -1.46. The van der Waals surface area contributed by atoms with E-state index in [1.807, 2.05) is 27.7 Å². The first-order valence-electron chi connectivity index (χ1n) is 15.9. The van der Waals surface area contributed by atoms with Crippen molar-refractivity contribution in [1.29, 1.82) is 0 Å². The van der Waals surface area contributed by atoms with Crippen LogP contribution >= 0.6 is 0 Å². The molecule has 0 bridgehead atoms. The van der Waals surface area contributed by atoms with Crippen LogP contribution in [-0.4, -0.2) is 87.9 Å². The number of hydrogen-bond acceptors (Lipinski definition) is 5. The molecule has 2 aliphatic rings. The average Bonchev–Trinajstić information content (AvgIpc) is 3.03. The molecule has 0 aromatic heterocycles.